The van der Waals surface area contributed by atoms with Gasteiger partial charge in [0.15, 0.2) is 5.11 Å². The monoisotopic (exact) mass is 458 g/mol. The normalized spacial score (nSPS) is 16.7. The Hall–Kier alpha value is -1.15. The molecule has 1 aliphatic rings. The molecule has 28 heavy (non-hydrogen) atoms. The number of thiocarbonyl (C=S) groups is 1. The molecular weight excluding hydrogens is 439 g/mol. The van der Waals surface area contributed by atoms with Gasteiger partial charge in [-0.25, -0.2) is 4.98 Å². The quantitative estimate of drug-likeness (QED) is 0.330. The second-order valence-corrected chi connectivity index (χ2v) is 9.47. The van der Waals surface area contributed by atoms with E-state index in [0.717, 1.165) is 12.8 Å². The number of pyridine rings is 1. The van der Waals surface area contributed by atoms with Crippen molar-refractivity contribution in [3.63, 3.8) is 0 Å². The molecule has 1 aliphatic heterocycles. The fraction of sp³-hybridized carbons (Fsp3) is 0.368. The van der Waals surface area contributed by atoms with E-state index in [0.29, 0.717) is 24.1 Å². The fourth-order valence-corrected chi connectivity index (χ4v) is 3.45. The number of nitrogens with zero attached hydrogens (tertiary/aromatic N) is 1. The zero-order valence-corrected chi connectivity index (χ0v) is 18.1. The van der Waals surface area contributed by atoms with E-state index < -0.39 is 9.96 Å². The standard InChI is InChI=1S/C19H21Cl3N4OS/c20-19(21,22)16(25-17(28)24-15-8-4-5-11-23-15)26-18(12-27-13-18)10-9-14-6-2-1-3-7-14/h1-8,11,16,26H,9-10,12-13H2,(H2,23,24,25,28). The number of aromatic nitrogens is 1. The van der Waals surface area contributed by atoms with Crippen LogP contribution in [0.2, 0.25) is 0 Å². The number of ether oxygens (including phenoxy) is 1. The van der Waals surface area contributed by atoms with Crippen LogP contribution in [0.3, 0.4) is 0 Å². The second-order valence-electron chi connectivity index (χ2n) is 6.69. The summed E-state index contributed by atoms with van der Waals surface area (Å²) in [4.78, 5) is 4.18. The first-order chi connectivity index (χ1) is 13.4. The van der Waals surface area contributed by atoms with E-state index in [1.807, 2.05) is 30.3 Å². The Morgan fingerprint density at radius 2 is 1.86 bits per heavy atom. The zero-order valence-electron chi connectivity index (χ0n) is 15.0. The lowest BCUT2D eigenvalue weighted by Crippen LogP contribution is -2.69. The molecule has 1 atom stereocenters. The molecule has 2 aromatic rings. The van der Waals surface area contributed by atoms with Crippen LogP contribution in [0.15, 0.2) is 54.7 Å². The predicted molar refractivity (Wildman–Crippen MR) is 119 cm³/mol. The third-order valence-electron chi connectivity index (χ3n) is 4.45. The maximum Gasteiger partial charge on any atom is 0.223 e. The first-order valence-corrected chi connectivity index (χ1v) is 10.4. The van der Waals surface area contributed by atoms with E-state index in [9.17, 15) is 0 Å². The first kappa shape index (κ1) is 21.6. The van der Waals surface area contributed by atoms with Crippen LogP contribution in [0, 0.1) is 0 Å². The Morgan fingerprint density at radius 3 is 2.43 bits per heavy atom. The number of aryl methyl sites for hydroxylation is 1. The van der Waals surface area contributed by atoms with Crippen LogP contribution < -0.4 is 16.0 Å². The van der Waals surface area contributed by atoms with Gasteiger partial charge in [0.25, 0.3) is 0 Å². The molecule has 0 saturated carbocycles. The third-order valence-corrected chi connectivity index (χ3v) is 5.33. The van der Waals surface area contributed by atoms with Crippen molar-refractivity contribution in [2.24, 2.45) is 0 Å². The van der Waals surface area contributed by atoms with Crippen molar-refractivity contribution in [3.05, 3.63) is 60.3 Å². The lowest BCUT2D eigenvalue weighted by atomic mass is 9.89. The van der Waals surface area contributed by atoms with Crippen molar-refractivity contribution in [1.29, 1.82) is 0 Å². The summed E-state index contributed by atoms with van der Waals surface area (Å²) in [6, 6.07) is 15.7. The molecule has 0 aliphatic carbocycles. The molecule has 1 aromatic carbocycles. The minimum absolute atomic E-state index is 0.294. The van der Waals surface area contributed by atoms with Crippen molar-refractivity contribution in [3.8, 4) is 0 Å². The molecule has 9 heteroatoms. The first-order valence-electron chi connectivity index (χ1n) is 8.81. The smallest absolute Gasteiger partial charge is 0.223 e. The van der Waals surface area contributed by atoms with Crippen LogP contribution in [-0.2, 0) is 11.2 Å². The van der Waals surface area contributed by atoms with E-state index in [-0.39, 0.29) is 5.54 Å². The van der Waals surface area contributed by atoms with Crippen molar-refractivity contribution >= 4 is 58.0 Å². The van der Waals surface area contributed by atoms with Gasteiger partial charge in [-0.2, -0.15) is 0 Å². The zero-order chi connectivity index (χ0) is 20.0. The van der Waals surface area contributed by atoms with Gasteiger partial charge in [-0.15, -0.1) is 0 Å². The topological polar surface area (TPSA) is 58.2 Å². The maximum atomic E-state index is 6.21. The van der Waals surface area contributed by atoms with Crippen molar-refractivity contribution < 1.29 is 4.74 Å². The maximum absolute atomic E-state index is 6.21. The summed E-state index contributed by atoms with van der Waals surface area (Å²) in [7, 11) is 0. The number of nitrogens with one attached hydrogen (secondary N) is 3. The number of anilines is 1. The van der Waals surface area contributed by atoms with Crippen LogP contribution in [0.4, 0.5) is 5.82 Å². The number of halogens is 3. The number of hydrogen-bond acceptors (Lipinski definition) is 4. The highest BCUT2D eigenvalue weighted by Crippen LogP contribution is 2.33. The van der Waals surface area contributed by atoms with Gasteiger partial charge in [-0.3, -0.25) is 5.32 Å². The van der Waals surface area contributed by atoms with Gasteiger partial charge in [-0.1, -0.05) is 71.2 Å². The average molecular weight is 460 g/mol. The van der Waals surface area contributed by atoms with Crippen LogP contribution in [-0.4, -0.2) is 38.8 Å². The minimum Gasteiger partial charge on any atom is -0.377 e. The lowest BCUT2D eigenvalue weighted by molar-refractivity contribution is -0.0839. The third kappa shape index (κ3) is 6.17. The van der Waals surface area contributed by atoms with E-state index in [2.05, 4.69) is 33.1 Å². The van der Waals surface area contributed by atoms with Crippen LogP contribution in [0.1, 0.15) is 12.0 Å². The number of rotatable bonds is 7. The van der Waals surface area contributed by atoms with Crippen molar-refractivity contribution in [1.82, 2.24) is 15.6 Å². The van der Waals surface area contributed by atoms with E-state index >= 15 is 0 Å². The molecule has 150 valence electrons. The van der Waals surface area contributed by atoms with Gasteiger partial charge in [0.2, 0.25) is 3.79 Å². The molecule has 0 spiro atoms. The Labute approximate surface area is 185 Å². The second kappa shape index (κ2) is 9.57. The summed E-state index contributed by atoms with van der Waals surface area (Å²) in [5.41, 5.74) is 0.958. The van der Waals surface area contributed by atoms with Gasteiger partial charge in [0.1, 0.15) is 12.0 Å². The van der Waals surface area contributed by atoms with Gasteiger partial charge in [0, 0.05) is 6.20 Å². The van der Waals surface area contributed by atoms with Crippen LogP contribution >= 0.6 is 47.0 Å². The molecule has 0 amide bonds. The van der Waals surface area contributed by atoms with Gasteiger partial charge >= 0.3 is 0 Å². The van der Waals surface area contributed by atoms with Crippen LogP contribution in [0.5, 0.6) is 0 Å². The molecule has 1 aromatic heterocycles. The molecule has 3 N–H and O–H groups in total. The fourth-order valence-electron chi connectivity index (χ4n) is 2.90. The Morgan fingerprint density at radius 1 is 1.14 bits per heavy atom. The Balaban J connectivity index is 1.63. The molecular formula is C19H21Cl3N4OS. The predicted octanol–water partition coefficient (Wildman–Crippen LogP) is 4.06. The van der Waals surface area contributed by atoms with Crippen LogP contribution in [0.25, 0.3) is 0 Å². The minimum atomic E-state index is -1.62. The van der Waals surface area contributed by atoms with Crippen molar-refractivity contribution in [2.45, 2.75) is 28.3 Å². The number of benzene rings is 1. The average Bonchev–Trinajstić information content (AvgIpc) is 2.63. The SMILES string of the molecule is S=C(Nc1ccccn1)NC(NC1(CCc2ccccc2)COC1)C(Cl)(Cl)Cl. The van der Waals surface area contributed by atoms with E-state index in [4.69, 9.17) is 51.8 Å². The number of alkyl halides is 3. The summed E-state index contributed by atoms with van der Waals surface area (Å²) in [6.45, 7) is 1.08. The largest absolute Gasteiger partial charge is 0.377 e. The summed E-state index contributed by atoms with van der Waals surface area (Å²) in [5, 5.41) is 9.75. The molecule has 0 bridgehead atoms. The highest BCUT2D eigenvalue weighted by molar-refractivity contribution is 7.80. The molecule has 1 fully saturated rings. The molecule has 2 heterocycles. The summed E-state index contributed by atoms with van der Waals surface area (Å²) >= 11 is 24.0. The van der Waals surface area contributed by atoms with Gasteiger partial charge in [-0.05, 0) is 42.8 Å². The summed E-state index contributed by atoms with van der Waals surface area (Å²) in [5.74, 6) is 0.605. The molecule has 1 saturated heterocycles. The van der Waals surface area contributed by atoms with Gasteiger partial charge < -0.3 is 15.4 Å². The summed E-state index contributed by atoms with van der Waals surface area (Å²) < 4.78 is 3.84. The molecule has 3 rings (SSSR count). The lowest BCUT2D eigenvalue weighted by Gasteiger charge is -2.46. The highest BCUT2D eigenvalue weighted by Gasteiger charge is 2.44. The Bertz CT molecular complexity index is 770. The molecule has 5 nitrogen and oxygen atoms in total. The van der Waals surface area contributed by atoms with E-state index in [1.165, 1.54) is 5.56 Å². The summed E-state index contributed by atoms with van der Waals surface area (Å²) in [6.07, 6.45) is 2.69. The molecule has 1 unspecified atom stereocenters. The van der Waals surface area contributed by atoms with E-state index in [1.54, 1.807) is 12.3 Å². The highest BCUT2D eigenvalue weighted by atomic mass is 35.6. The van der Waals surface area contributed by atoms with Crippen molar-refractivity contribution in [2.75, 3.05) is 18.5 Å². The Kier molecular flexibility index (Phi) is 7.36. The molecule has 0 radical (unpaired) electrons. The van der Waals surface area contributed by atoms with Gasteiger partial charge in [0.05, 0.1) is 18.8 Å². The number of hydrogen-bond donors (Lipinski definition) is 3.